The van der Waals surface area contributed by atoms with Crippen molar-refractivity contribution in [3.8, 4) is 0 Å². The van der Waals surface area contributed by atoms with Gasteiger partial charge in [-0.2, -0.15) is 0 Å². The number of carbonyl (C=O) groups is 1. The zero-order chi connectivity index (χ0) is 17.6. The molecule has 0 radical (unpaired) electrons. The molecule has 0 unspecified atom stereocenters. The minimum Gasteiger partial charge on any atom is -0.394 e. The van der Waals surface area contributed by atoms with Crippen LogP contribution in [-0.2, 0) is 19.8 Å². The zero-order valence-corrected chi connectivity index (χ0v) is 12.8. The lowest BCUT2D eigenvalue weighted by Crippen LogP contribution is -2.50. The molecule has 1 aromatic rings. The molecule has 0 amide bonds. The highest BCUT2D eigenvalue weighted by Gasteiger charge is 2.58. The molecule has 0 saturated carbocycles. The fourth-order valence-electron chi connectivity index (χ4n) is 2.41. The lowest BCUT2D eigenvalue weighted by molar-refractivity contribution is -0.155. The minimum atomic E-state index is -5.36. The van der Waals surface area contributed by atoms with Gasteiger partial charge in [-0.15, -0.1) is 0 Å². The predicted octanol–water partition coefficient (Wildman–Crippen LogP) is -2.66. The van der Waals surface area contributed by atoms with Crippen molar-refractivity contribution in [2.75, 3.05) is 6.61 Å². The van der Waals surface area contributed by atoms with E-state index in [1.165, 1.54) is 6.92 Å². The summed E-state index contributed by atoms with van der Waals surface area (Å²) in [4.78, 5) is 55.9. The van der Waals surface area contributed by atoms with Crippen molar-refractivity contribution in [2.45, 2.75) is 31.3 Å². The summed E-state index contributed by atoms with van der Waals surface area (Å²) in [5.41, 5.74) is -6.20. The quantitative estimate of drug-likeness (QED) is 0.362. The van der Waals surface area contributed by atoms with Gasteiger partial charge in [-0.1, -0.05) is 0 Å². The normalized spacial score (nSPS) is 28.0. The van der Waals surface area contributed by atoms with E-state index in [4.69, 9.17) is 9.84 Å². The lowest BCUT2D eigenvalue weighted by Gasteiger charge is -2.29. The molecule has 12 heteroatoms. The van der Waals surface area contributed by atoms with E-state index >= 15 is 0 Å². The van der Waals surface area contributed by atoms with Crippen LogP contribution in [0.25, 0.3) is 0 Å². The second-order valence-electron chi connectivity index (χ2n) is 5.19. The van der Waals surface area contributed by atoms with E-state index < -0.39 is 55.3 Å². The van der Waals surface area contributed by atoms with Crippen LogP contribution in [-0.4, -0.2) is 53.9 Å². The highest BCUT2D eigenvalue weighted by Crippen LogP contribution is 2.48. The van der Waals surface area contributed by atoms with Gasteiger partial charge in [-0.25, -0.2) is 4.79 Å². The van der Waals surface area contributed by atoms with E-state index in [2.05, 4.69) is 0 Å². The molecular weight excluding hydrogens is 335 g/mol. The monoisotopic (exact) mass is 350 g/mol. The Morgan fingerprint density at radius 2 is 2.13 bits per heavy atom. The molecule has 1 aliphatic heterocycles. The van der Waals surface area contributed by atoms with E-state index in [9.17, 15) is 33.8 Å². The van der Waals surface area contributed by atoms with Gasteiger partial charge >= 0.3 is 13.3 Å². The largest absolute Gasteiger partial charge is 0.396 e. The van der Waals surface area contributed by atoms with Crippen LogP contribution >= 0.6 is 7.60 Å². The number of nitrogens with zero attached hydrogens (tertiary/aromatic N) is 1. The van der Waals surface area contributed by atoms with E-state index in [1.807, 2.05) is 4.98 Å². The number of aliphatic hydroxyl groups excluding tert-OH is 2. The van der Waals surface area contributed by atoms with E-state index in [0.29, 0.717) is 4.57 Å². The Balaban J connectivity index is 2.73. The Morgan fingerprint density at radius 3 is 2.61 bits per heavy atom. The summed E-state index contributed by atoms with van der Waals surface area (Å²) >= 11 is 0. The van der Waals surface area contributed by atoms with Gasteiger partial charge in [0.1, 0.15) is 6.10 Å². The molecule has 1 saturated heterocycles. The topological polar surface area (TPSA) is 179 Å². The Labute approximate surface area is 128 Å². The molecule has 5 N–H and O–H groups in total. The lowest BCUT2D eigenvalue weighted by atomic mass is 10.1. The highest BCUT2D eigenvalue weighted by atomic mass is 31.2. The van der Waals surface area contributed by atoms with Crippen LogP contribution in [0, 0.1) is 6.92 Å². The Morgan fingerprint density at radius 1 is 1.52 bits per heavy atom. The number of carbonyl (C=O) groups excluding carboxylic acids is 1. The van der Waals surface area contributed by atoms with Crippen LogP contribution in [0.5, 0.6) is 0 Å². The summed E-state index contributed by atoms with van der Waals surface area (Å²) in [6.07, 6.45) is -2.55. The first-order chi connectivity index (χ1) is 10.5. The molecule has 0 aromatic carbocycles. The van der Waals surface area contributed by atoms with Crippen molar-refractivity contribution in [1.82, 2.24) is 9.55 Å². The Hall–Kier alpha value is -1.62. The minimum absolute atomic E-state index is 0.0203. The van der Waals surface area contributed by atoms with E-state index in [0.717, 1.165) is 6.20 Å². The number of nitrogens with one attached hydrogen (secondary N) is 1. The Kier molecular flexibility index (Phi) is 4.46. The van der Waals surface area contributed by atoms with Crippen LogP contribution in [0.2, 0.25) is 0 Å². The number of H-pyrrole nitrogens is 1. The smallest absolute Gasteiger partial charge is 0.394 e. The summed E-state index contributed by atoms with van der Waals surface area (Å²) in [7, 11) is -5.36. The number of aromatic nitrogens is 2. The summed E-state index contributed by atoms with van der Waals surface area (Å²) in [5, 5.41) is 19.0. The van der Waals surface area contributed by atoms with Gasteiger partial charge in [0.15, 0.2) is 0 Å². The van der Waals surface area contributed by atoms with Crippen LogP contribution in [0.3, 0.4) is 0 Å². The molecule has 3 atom stereocenters. The average molecular weight is 350 g/mol. The standard InChI is InChI=1S/C11H15N2O9P/c1-5-3-13(10(18)12-8(5)16)11(9(17)23(19,20)21)2-6(15)7(4-14)22-11/h3,6-7,14-15H,2,4H2,1H3,(H,12,16,18)(H2,19,20,21)/t6-,7+,11-/m0/s1. The van der Waals surface area contributed by atoms with Crippen LogP contribution < -0.4 is 11.2 Å². The molecule has 0 aliphatic carbocycles. The first-order valence-corrected chi connectivity index (χ1v) is 8.04. The number of rotatable bonds is 4. The summed E-state index contributed by atoms with van der Waals surface area (Å²) in [6, 6.07) is 0. The van der Waals surface area contributed by atoms with Gasteiger partial charge in [0, 0.05) is 18.2 Å². The Bertz CT molecular complexity index is 793. The fourth-order valence-corrected chi connectivity index (χ4v) is 3.12. The van der Waals surface area contributed by atoms with Gasteiger partial charge in [-0.05, 0) is 6.92 Å². The number of hydrogen-bond acceptors (Lipinski definition) is 7. The van der Waals surface area contributed by atoms with Crippen molar-refractivity contribution in [3.05, 3.63) is 32.6 Å². The number of aliphatic hydroxyl groups is 2. The van der Waals surface area contributed by atoms with Crippen molar-refractivity contribution < 1.29 is 34.1 Å². The van der Waals surface area contributed by atoms with Gasteiger partial charge in [-0.3, -0.25) is 23.7 Å². The molecule has 0 bridgehead atoms. The van der Waals surface area contributed by atoms with Crippen molar-refractivity contribution in [2.24, 2.45) is 0 Å². The average Bonchev–Trinajstić information content (AvgIpc) is 2.78. The fraction of sp³-hybridized carbons (Fsp3) is 0.545. The molecule has 1 fully saturated rings. The van der Waals surface area contributed by atoms with Gasteiger partial charge < -0.3 is 24.7 Å². The summed E-state index contributed by atoms with van der Waals surface area (Å²) < 4.78 is 17.1. The predicted molar refractivity (Wildman–Crippen MR) is 73.7 cm³/mol. The van der Waals surface area contributed by atoms with Crippen LogP contribution in [0.1, 0.15) is 12.0 Å². The molecule has 11 nitrogen and oxygen atoms in total. The molecule has 0 spiro atoms. The van der Waals surface area contributed by atoms with Gasteiger partial charge in [0.25, 0.3) is 11.1 Å². The third-order valence-electron chi connectivity index (χ3n) is 3.55. The summed E-state index contributed by atoms with van der Waals surface area (Å²) in [5.74, 6) is 0. The SMILES string of the molecule is Cc1cn([C@@]2(C(=O)P(=O)(O)O)C[C@H](O)[C@@H](CO)O2)c(=O)[nH]c1=O. The molecule has 1 aromatic heterocycles. The van der Waals surface area contributed by atoms with E-state index in [1.54, 1.807) is 0 Å². The van der Waals surface area contributed by atoms with Crippen molar-refractivity contribution >= 4 is 13.1 Å². The first kappa shape index (κ1) is 17.7. The maximum atomic E-state index is 12.2. The van der Waals surface area contributed by atoms with Gasteiger partial charge in [0.2, 0.25) is 5.72 Å². The van der Waals surface area contributed by atoms with Crippen molar-refractivity contribution in [3.63, 3.8) is 0 Å². The third kappa shape index (κ3) is 2.94. The summed E-state index contributed by atoms with van der Waals surface area (Å²) in [6.45, 7) is 0.563. The molecule has 128 valence electrons. The highest BCUT2D eigenvalue weighted by molar-refractivity contribution is 7.70. The number of hydrogen-bond donors (Lipinski definition) is 5. The zero-order valence-electron chi connectivity index (χ0n) is 11.9. The van der Waals surface area contributed by atoms with Crippen molar-refractivity contribution in [1.29, 1.82) is 0 Å². The maximum absolute atomic E-state index is 12.2. The number of ether oxygens (including phenoxy) is 1. The van der Waals surface area contributed by atoms with Crippen LogP contribution in [0.4, 0.5) is 0 Å². The van der Waals surface area contributed by atoms with E-state index in [-0.39, 0.29) is 5.56 Å². The van der Waals surface area contributed by atoms with Gasteiger partial charge in [0.05, 0.1) is 12.7 Å². The molecule has 2 heterocycles. The second-order valence-corrected chi connectivity index (χ2v) is 6.68. The maximum Gasteiger partial charge on any atom is 0.396 e. The first-order valence-electron chi connectivity index (χ1n) is 6.43. The number of aryl methyl sites for hydroxylation is 1. The second kappa shape index (κ2) is 5.78. The number of aromatic amines is 1. The van der Waals surface area contributed by atoms with Crippen LogP contribution in [0.15, 0.2) is 15.8 Å². The molecular formula is C11H15N2O9P. The molecule has 2 rings (SSSR count). The molecule has 23 heavy (non-hydrogen) atoms. The molecule has 1 aliphatic rings. The third-order valence-corrected chi connectivity index (χ3v) is 4.43.